The third-order valence-corrected chi connectivity index (χ3v) is 1.57. The second kappa shape index (κ2) is 3.46. The van der Waals surface area contributed by atoms with Crippen LogP contribution in [-0.2, 0) is 0 Å². The minimum Gasteiger partial charge on any atom is -0.329 e. The van der Waals surface area contributed by atoms with Gasteiger partial charge in [-0.25, -0.2) is 0 Å². The first-order valence-corrected chi connectivity index (χ1v) is 3.62. The number of rotatable bonds is 2. The monoisotopic (exact) mass is 151 g/mol. The van der Waals surface area contributed by atoms with E-state index in [0.717, 1.165) is 11.3 Å². The summed E-state index contributed by atoms with van der Waals surface area (Å²) in [5, 5.41) is 0. The summed E-state index contributed by atoms with van der Waals surface area (Å²) in [6.45, 7) is 2.43. The third kappa shape index (κ3) is 2.00. The molecule has 0 saturated heterocycles. The van der Waals surface area contributed by atoms with Gasteiger partial charge in [0.15, 0.2) is 0 Å². The Kier molecular flexibility index (Phi) is 2.57. The van der Waals surface area contributed by atoms with Crippen molar-refractivity contribution in [2.45, 2.75) is 13.0 Å². The van der Waals surface area contributed by atoms with Crippen LogP contribution in [0.5, 0.6) is 0 Å². The van der Waals surface area contributed by atoms with Crippen molar-refractivity contribution in [2.24, 2.45) is 11.5 Å². The number of hydrogen-bond donors (Lipinski definition) is 2. The van der Waals surface area contributed by atoms with Crippen molar-refractivity contribution in [3.63, 3.8) is 0 Å². The number of aryl methyl sites for hydroxylation is 1. The molecular formula is C8H13N3. The molecule has 0 fully saturated rings. The fourth-order valence-electron chi connectivity index (χ4n) is 0.819. The van der Waals surface area contributed by atoms with Gasteiger partial charge >= 0.3 is 0 Å². The van der Waals surface area contributed by atoms with Crippen molar-refractivity contribution in [2.75, 3.05) is 6.54 Å². The first-order valence-electron chi connectivity index (χ1n) is 3.62. The van der Waals surface area contributed by atoms with Gasteiger partial charge in [-0.15, -0.1) is 0 Å². The third-order valence-electron chi connectivity index (χ3n) is 1.57. The van der Waals surface area contributed by atoms with Crippen LogP contribution >= 0.6 is 0 Å². The first kappa shape index (κ1) is 8.17. The summed E-state index contributed by atoms with van der Waals surface area (Å²) in [5.41, 5.74) is 13.0. The number of nitrogens with zero attached hydrogens (tertiary/aromatic N) is 1. The van der Waals surface area contributed by atoms with E-state index in [9.17, 15) is 0 Å². The van der Waals surface area contributed by atoms with Crippen molar-refractivity contribution in [1.29, 1.82) is 0 Å². The van der Waals surface area contributed by atoms with Gasteiger partial charge in [-0.05, 0) is 18.6 Å². The summed E-state index contributed by atoms with van der Waals surface area (Å²) in [6.07, 6.45) is 1.80. The number of hydrogen-bond acceptors (Lipinski definition) is 3. The SMILES string of the molecule is Cc1ccc([C@@H](N)CN)nc1. The molecule has 0 spiro atoms. The molecule has 1 rings (SSSR count). The quantitative estimate of drug-likeness (QED) is 0.641. The van der Waals surface area contributed by atoms with Crippen LogP contribution in [0.1, 0.15) is 17.3 Å². The van der Waals surface area contributed by atoms with Crippen molar-refractivity contribution in [1.82, 2.24) is 4.98 Å². The average Bonchev–Trinajstić information content (AvgIpc) is 2.05. The minimum atomic E-state index is -0.129. The van der Waals surface area contributed by atoms with Crippen LogP contribution in [0.2, 0.25) is 0 Å². The number of aromatic nitrogens is 1. The summed E-state index contributed by atoms with van der Waals surface area (Å²) in [6, 6.07) is 3.76. The highest BCUT2D eigenvalue weighted by Gasteiger charge is 2.02. The molecule has 3 nitrogen and oxygen atoms in total. The van der Waals surface area contributed by atoms with E-state index >= 15 is 0 Å². The molecule has 0 aliphatic heterocycles. The van der Waals surface area contributed by atoms with Gasteiger partial charge < -0.3 is 11.5 Å². The molecule has 0 aliphatic rings. The lowest BCUT2D eigenvalue weighted by molar-refractivity contribution is 0.710. The summed E-state index contributed by atoms with van der Waals surface area (Å²) < 4.78 is 0. The molecule has 0 aromatic carbocycles. The maximum absolute atomic E-state index is 5.66. The molecule has 0 aliphatic carbocycles. The number of pyridine rings is 1. The fraction of sp³-hybridized carbons (Fsp3) is 0.375. The normalized spacial score (nSPS) is 13.0. The van der Waals surface area contributed by atoms with Crippen LogP contribution in [0.25, 0.3) is 0 Å². The van der Waals surface area contributed by atoms with E-state index in [1.807, 2.05) is 19.1 Å². The van der Waals surface area contributed by atoms with Crippen LogP contribution < -0.4 is 11.5 Å². The molecule has 0 bridgehead atoms. The zero-order valence-corrected chi connectivity index (χ0v) is 6.62. The van der Waals surface area contributed by atoms with Crippen molar-refractivity contribution >= 4 is 0 Å². The molecule has 0 amide bonds. The van der Waals surface area contributed by atoms with E-state index in [-0.39, 0.29) is 6.04 Å². The number of nitrogens with two attached hydrogens (primary N) is 2. The second-order valence-electron chi connectivity index (χ2n) is 2.60. The molecule has 4 N–H and O–H groups in total. The Bertz CT molecular complexity index is 217. The zero-order valence-electron chi connectivity index (χ0n) is 6.62. The van der Waals surface area contributed by atoms with Gasteiger partial charge in [0.25, 0.3) is 0 Å². The zero-order chi connectivity index (χ0) is 8.27. The molecular weight excluding hydrogens is 138 g/mol. The van der Waals surface area contributed by atoms with Crippen LogP contribution in [0, 0.1) is 6.92 Å². The first-order chi connectivity index (χ1) is 5.24. The van der Waals surface area contributed by atoms with Crippen LogP contribution in [0.15, 0.2) is 18.3 Å². The summed E-state index contributed by atoms with van der Waals surface area (Å²) in [7, 11) is 0. The molecule has 0 unspecified atom stereocenters. The molecule has 11 heavy (non-hydrogen) atoms. The highest BCUT2D eigenvalue weighted by Crippen LogP contribution is 2.05. The molecule has 1 atom stereocenters. The summed E-state index contributed by atoms with van der Waals surface area (Å²) in [4.78, 5) is 4.14. The van der Waals surface area contributed by atoms with Gasteiger partial charge in [-0.1, -0.05) is 6.07 Å². The van der Waals surface area contributed by atoms with E-state index in [4.69, 9.17) is 11.5 Å². The standard InChI is InChI=1S/C8H13N3/c1-6-2-3-8(11-5-6)7(10)4-9/h2-3,5,7H,4,9-10H2,1H3/t7-/m0/s1. The van der Waals surface area contributed by atoms with E-state index in [0.29, 0.717) is 6.54 Å². The largest absolute Gasteiger partial charge is 0.329 e. The fourth-order valence-corrected chi connectivity index (χ4v) is 0.819. The Balaban J connectivity index is 2.81. The van der Waals surface area contributed by atoms with E-state index in [1.54, 1.807) is 6.20 Å². The Morgan fingerprint density at radius 2 is 2.27 bits per heavy atom. The molecule has 60 valence electrons. The average molecular weight is 151 g/mol. The maximum Gasteiger partial charge on any atom is 0.0594 e. The smallest absolute Gasteiger partial charge is 0.0594 e. The highest BCUT2D eigenvalue weighted by molar-refractivity contribution is 5.14. The Morgan fingerprint density at radius 1 is 1.55 bits per heavy atom. The van der Waals surface area contributed by atoms with E-state index in [2.05, 4.69) is 4.98 Å². The molecule has 1 heterocycles. The van der Waals surface area contributed by atoms with E-state index in [1.165, 1.54) is 0 Å². The molecule has 0 saturated carbocycles. The molecule has 1 aromatic heterocycles. The predicted octanol–water partition coefficient (Wildman–Crippen LogP) is 0.349. The van der Waals surface area contributed by atoms with Crippen molar-refractivity contribution in [3.8, 4) is 0 Å². The Morgan fingerprint density at radius 3 is 2.73 bits per heavy atom. The van der Waals surface area contributed by atoms with E-state index < -0.39 is 0 Å². The van der Waals surface area contributed by atoms with Gasteiger partial charge in [-0.2, -0.15) is 0 Å². The highest BCUT2D eigenvalue weighted by atomic mass is 14.8. The lowest BCUT2D eigenvalue weighted by Crippen LogP contribution is -2.21. The summed E-state index contributed by atoms with van der Waals surface area (Å²) in [5.74, 6) is 0. The molecule has 3 heteroatoms. The lowest BCUT2D eigenvalue weighted by Gasteiger charge is -2.06. The maximum atomic E-state index is 5.66. The van der Waals surface area contributed by atoms with Crippen LogP contribution in [0.3, 0.4) is 0 Å². The predicted molar refractivity (Wildman–Crippen MR) is 45.0 cm³/mol. The Hall–Kier alpha value is -0.930. The van der Waals surface area contributed by atoms with Gasteiger partial charge in [-0.3, -0.25) is 4.98 Å². The molecule has 1 aromatic rings. The van der Waals surface area contributed by atoms with Crippen LogP contribution in [0.4, 0.5) is 0 Å². The van der Waals surface area contributed by atoms with Gasteiger partial charge in [0.05, 0.1) is 11.7 Å². The second-order valence-corrected chi connectivity index (χ2v) is 2.60. The topological polar surface area (TPSA) is 64.9 Å². The summed E-state index contributed by atoms with van der Waals surface area (Å²) >= 11 is 0. The lowest BCUT2D eigenvalue weighted by atomic mass is 10.2. The molecule has 0 radical (unpaired) electrons. The van der Waals surface area contributed by atoms with Crippen molar-refractivity contribution in [3.05, 3.63) is 29.6 Å². The Labute approximate surface area is 66.4 Å². The van der Waals surface area contributed by atoms with Gasteiger partial charge in [0.1, 0.15) is 0 Å². The van der Waals surface area contributed by atoms with Crippen LogP contribution in [-0.4, -0.2) is 11.5 Å². The van der Waals surface area contributed by atoms with Gasteiger partial charge in [0.2, 0.25) is 0 Å². The van der Waals surface area contributed by atoms with Crippen molar-refractivity contribution < 1.29 is 0 Å². The van der Waals surface area contributed by atoms with Gasteiger partial charge in [0, 0.05) is 12.7 Å². The minimum absolute atomic E-state index is 0.129.